The van der Waals surface area contributed by atoms with E-state index in [9.17, 15) is 9.59 Å². The van der Waals surface area contributed by atoms with Crippen molar-refractivity contribution in [3.63, 3.8) is 0 Å². The van der Waals surface area contributed by atoms with Crippen LogP contribution in [0.3, 0.4) is 0 Å². The second-order valence-electron chi connectivity index (χ2n) is 5.08. The topological polar surface area (TPSA) is 95.4 Å². The molecule has 0 saturated heterocycles. The highest BCUT2D eigenvalue weighted by molar-refractivity contribution is 6.31. The summed E-state index contributed by atoms with van der Waals surface area (Å²) >= 11 is 5.86. The molecule has 0 unspecified atom stereocenters. The van der Waals surface area contributed by atoms with Crippen LogP contribution in [-0.4, -0.2) is 38.5 Å². The van der Waals surface area contributed by atoms with Gasteiger partial charge in [0.2, 0.25) is 5.95 Å². The molecule has 2 amide bonds. The largest absolute Gasteiger partial charge is 0.465 e. The normalized spacial score (nSPS) is 13.3. The highest BCUT2D eigenvalue weighted by Crippen LogP contribution is 2.18. The molecule has 8 heteroatoms. The van der Waals surface area contributed by atoms with E-state index in [0.717, 1.165) is 11.3 Å². The highest BCUT2D eigenvalue weighted by atomic mass is 35.5. The fourth-order valence-electron chi connectivity index (χ4n) is 2.34. The number of fused-ring (bicyclic) bond motifs is 1. The van der Waals surface area contributed by atoms with Crippen LogP contribution in [-0.2, 0) is 13.0 Å². The zero-order valence-corrected chi connectivity index (χ0v) is 12.7. The van der Waals surface area contributed by atoms with Crippen LogP contribution in [0, 0.1) is 0 Å². The molecule has 7 nitrogen and oxygen atoms in total. The summed E-state index contributed by atoms with van der Waals surface area (Å²) in [7, 11) is 0. The molecule has 3 rings (SSSR count). The van der Waals surface area contributed by atoms with Gasteiger partial charge in [0, 0.05) is 35.3 Å². The second kappa shape index (κ2) is 6.21. The molecule has 1 aliphatic rings. The molecule has 1 aliphatic heterocycles. The number of halogens is 1. The number of aromatic nitrogens is 2. The number of anilines is 1. The van der Waals surface area contributed by atoms with Gasteiger partial charge in [-0.15, -0.1) is 0 Å². The Labute approximate surface area is 136 Å². The van der Waals surface area contributed by atoms with Crippen LogP contribution >= 0.6 is 11.6 Å². The fourth-order valence-corrected chi connectivity index (χ4v) is 2.53. The van der Waals surface area contributed by atoms with Gasteiger partial charge in [0.1, 0.15) is 0 Å². The van der Waals surface area contributed by atoms with Crippen molar-refractivity contribution >= 4 is 29.5 Å². The van der Waals surface area contributed by atoms with Gasteiger partial charge in [-0.3, -0.25) is 10.1 Å². The zero-order chi connectivity index (χ0) is 16.4. The predicted octanol–water partition coefficient (Wildman–Crippen LogP) is 2.42. The first-order valence-electron chi connectivity index (χ1n) is 6.92. The molecule has 2 N–H and O–H groups in total. The molecule has 1 aromatic heterocycles. The van der Waals surface area contributed by atoms with E-state index in [2.05, 4.69) is 15.3 Å². The number of carboxylic acid groups (broad SMARTS) is 1. The maximum absolute atomic E-state index is 12.1. The van der Waals surface area contributed by atoms with Crippen molar-refractivity contribution in [3.05, 3.63) is 52.3 Å². The lowest BCUT2D eigenvalue weighted by atomic mass is 10.1. The molecule has 0 aliphatic carbocycles. The third-order valence-corrected chi connectivity index (χ3v) is 3.75. The van der Waals surface area contributed by atoms with Crippen LogP contribution in [0.4, 0.5) is 10.7 Å². The summed E-state index contributed by atoms with van der Waals surface area (Å²) in [5.74, 6) is -0.159. The van der Waals surface area contributed by atoms with E-state index in [0.29, 0.717) is 23.6 Å². The van der Waals surface area contributed by atoms with Crippen molar-refractivity contribution < 1.29 is 14.7 Å². The quantitative estimate of drug-likeness (QED) is 0.880. The lowest BCUT2D eigenvalue weighted by molar-refractivity contribution is 0.102. The van der Waals surface area contributed by atoms with Crippen molar-refractivity contribution in [2.75, 3.05) is 11.9 Å². The van der Waals surface area contributed by atoms with Crippen molar-refractivity contribution in [1.29, 1.82) is 0 Å². The summed E-state index contributed by atoms with van der Waals surface area (Å²) in [6.45, 7) is 0.633. The summed E-state index contributed by atoms with van der Waals surface area (Å²) in [5, 5.41) is 12.1. The molecule has 1 aromatic carbocycles. The number of hydrogen-bond acceptors (Lipinski definition) is 4. The standard InChI is InChI=1S/C15H13ClN4O3/c16-11-3-1-2-9(6-11)13(21)19-14-17-7-10-8-20(15(22)23)5-4-12(10)18-14/h1-3,6-7H,4-5,8H2,(H,22,23)(H,17,18,19,21). The van der Waals surface area contributed by atoms with Gasteiger partial charge in [-0.05, 0) is 18.2 Å². The first-order chi connectivity index (χ1) is 11.0. The Morgan fingerprint density at radius 2 is 2.17 bits per heavy atom. The maximum Gasteiger partial charge on any atom is 0.407 e. The minimum absolute atomic E-state index is 0.192. The second-order valence-corrected chi connectivity index (χ2v) is 5.52. The third kappa shape index (κ3) is 3.40. The van der Waals surface area contributed by atoms with Crippen LogP contribution in [0.5, 0.6) is 0 Å². The lowest BCUT2D eigenvalue weighted by Gasteiger charge is -2.25. The van der Waals surface area contributed by atoms with Crippen molar-refractivity contribution in [2.45, 2.75) is 13.0 Å². The number of amides is 2. The minimum Gasteiger partial charge on any atom is -0.465 e. The summed E-state index contributed by atoms with van der Waals surface area (Å²) in [6.07, 6.45) is 1.07. The third-order valence-electron chi connectivity index (χ3n) is 3.52. The average Bonchev–Trinajstić information content (AvgIpc) is 2.54. The Morgan fingerprint density at radius 1 is 1.35 bits per heavy atom. The van der Waals surface area contributed by atoms with Gasteiger partial charge in [0.25, 0.3) is 5.91 Å². The van der Waals surface area contributed by atoms with Crippen LogP contribution < -0.4 is 5.32 Å². The Morgan fingerprint density at radius 3 is 2.91 bits per heavy atom. The van der Waals surface area contributed by atoms with E-state index in [1.807, 2.05) is 0 Å². The van der Waals surface area contributed by atoms with Gasteiger partial charge in [-0.1, -0.05) is 17.7 Å². The van der Waals surface area contributed by atoms with E-state index in [1.165, 1.54) is 4.90 Å². The van der Waals surface area contributed by atoms with E-state index in [4.69, 9.17) is 16.7 Å². The van der Waals surface area contributed by atoms with Crippen LogP contribution in [0.2, 0.25) is 5.02 Å². The molecule has 0 saturated carbocycles. The Kier molecular flexibility index (Phi) is 4.12. The van der Waals surface area contributed by atoms with Gasteiger partial charge in [0.05, 0.1) is 12.2 Å². The molecule has 0 atom stereocenters. The van der Waals surface area contributed by atoms with Crippen LogP contribution in [0.25, 0.3) is 0 Å². The Bertz CT molecular complexity index is 781. The van der Waals surface area contributed by atoms with Gasteiger partial charge >= 0.3 is 6.09 Å². The predicted molar refractivity (Wildman–Crippen MR) is 83.6 cm³/mol. The van der Waals surface area contributed by atoms with Gasteiger partial charge in [-0.25, -0.2) is 14.8 Å². The first-order valence-corrected chi connectivity index (χ1v) is 7.30. The zero-order valence-electron chi connectivity index (χ0n) is 12.0. The van der Waals surface area contributed by atoms with E-state index in [1.54, 1.807) is 30.5 Å². The van der Waals surface area contributed by atoms with Gasteiger partial charge in [0.15, 0.2) is 0 Å². The highest BCUT2D eigenvalue weighted by Gasteiger charge is 2.22. The molecule has 23 heavy (non-hydrogen) atoms. The molecule has 2 aromatic rings. The van der Waals surface area contributed by atoms with E-state index < -0.39 is 6.09 Å². The number of carbonyl (C=O) groups excluding carboxylic acids is 1. The van der Waals surface area contributed by atoms with Crippen molar-refractivity contribution in [1.82, 2.24) is 14.9 Å². The lowest BCUT2D eigenvalue weighted by Crippen LogP contribution is -2.35. The first kappa shape index (κ1) is 15.2. The number of benzene rings is 1. The van der Waals surface area contributed by atoms with Gasteiger partial charge in [-0.2, -0.15) is 0 Å². The number of hydrogen-bond donors (Lipinski definition) is 2. The molecule has 0 bridgehead atoms. The summed E-state index contributed by atoms with van der Waals surface area (Å²) in [6, 6.07) is 6.57. The van der Waals surface area contributed by atoms with Crippen molar-refractivity contribution in [3.8, 4) is 0 Å². The average molecular weight is 333 g/mol. The summed E-state index contributed by atoms with van der Waals surface area (Å²) in [4.78, 5) is 32.8. The van der Waals surface area contributed by atoms with Crippen LogP contribution in [0.1, 0.15) is 21.6 Å². The smallest absolute Gasteiger partial charge is 0.407 e. The number of rotatable bonds is 2. The fraction of sp³-hybridized carbons (Fsp3) is 0.200. The number of carbonyl (C=O) groups is 2. The Hall–Kier alpha value is -2.67. The van der Waals surface area contributed by atoms with Crippen molar-refractivity contribution in [2.24, 2.45) is 0 Å². The van der Waals surface area contributed by atoms with Crippen LogP contribution in [0.15, 0.2) is 30.5 Å². The maximum atomic E-state index is 12.1. The number of nitrogens with zero attached hydrogens (tertiary/aromatic N) is 3. The SMILES string of the molecule is O=C(Nc1ncc2c(n1)CCN(C(=O)O)C2)c1cccc(Cl)c1. The summed E-state index contributed by atoms with van der Waals surface area (Å²) in [5.41, 5.74) is 1.91. The molecule has 0 fully saturated rings. The monoisotopic (exact) mass is 332 g/mol. The van der Waals surface area contributed by atoms with E-state index >= 15 is 0 Å². The molecule has 2 heterocycles. The van der Waals surface area contributed by atoms with Gasteiger partial charge < -0.3 is 10.0 Å². The molecule has 0 radical (unpaired) electrons. The van der Waals surface area contributed by atoms with E-state index in [-0.39, 0.29) is 18.4 Å². The molecular weight excluding hydrogens is 320 g/mol. The molecular formula is C15H13ClN4O3. The molecule has 118 valence electrons. The molecule has 0 spiro atoms. The number of nitrogens with one attached hydrogen (secondary N) is 1. The Balaban J connectivity index is 1.75. The summed E-state index contributed by atoms with van der Waals surface area (Å²) < 4.78 is 0. The minimum atomic E-state index is -0.964.